The molecule has 0 aliphatic rings. The molecule has 0 aromatic carbocycles. The van der Waals surface area contributed by atoms with Crippen LogP contribution in [0.3, 0.4) is 0 Å². The Hall–Kier alpha value is -1.85. The van der Waals surface area contributed by atoms with E-state index < -0.39 is 11.9 Å². The highest BCUT2D eigenvalue weighted by molar-refractivity contribution is 5.89. The molecule has 1 rings (SSSR count). The maximum atomic E-state index is 11.9. The van der Waals surface area contributed by atoms with Gasteiger partial charge in [-0.05, 0) is 20.3 Å². The third-order valence-electron chi connectivity index (χ3n) is 2.68. The fourth-order valence-corrected chi connectivity index (χ4v) is 1.87. The molecule has 0 bridgehead atoms. The average molecular weight is 268 g/mol. The second-order valence-corrected chi connectivity index (χ2v) is 4.09. The first-order valence-corrected chi connectivity index (χ1v) is 6.35. The van der Waals surface area contributed by atoms with Crippen molar-refractivity contribution < 1.29 is 19.1 Å². The average Bonchev–Trinajstić information content (AvgIpc) is 2.66. The van der Waals surface area contributed by atoms with Crippen LogP contribution in [-0.4, -0.2) is 35.2 Å². The number of hydrogen-bond acceptors (Lipinski definition) is 5. The molecule has 19 heavy (non-hydrogen) atoms. The summed E-state index contributed by atoms with van der Waals surface area (Å²) in [5, 5.41) is 0. The van der Waals surface area contributed by atoms with Crippen molar-refractivity contribution in [2.45, 2.75) is 40.2 Å². The SMILES string of the molecule is CCCc1nc(C)c(C(=O)OCC)n1CC(=O)OC. The van der Waals surface area contributed by atoms with Gasteiger partial charge in [-0.15, -0.1) is 0 Å². The minimum atomic E-state index is -0.459. The predicted molar refractivity (Wildman–Crippen MR) is 68.9 cm³/mol. The normalized spacial score (nSPS) is 10.3. The number of aryl methyl sites for hydroxylation is 2. The van der Waals surface area contributed by atoms with Gasteiger partial charge in [-0.1, -0.05) is 6.92 Å². The molecule has 0 fully saturated rings. The summed E-state index contributed by atoms with van der Waals surface area (Å²) in [6.07, 6.45) is 1.57. The molecular weight excluding hydrogens is 248 g/mol. The molecule has 0 N–H and O–H groups in total. The molecule has 0 saturated heterocycles. The van der Waals surface area contributed by atoms with Crippen LogP contribution in [0.2, 0.25) is 0 Å². The molecule has 0 saturated carbocycles. The Labute approximate surface area is 112 Å². The van der Waals surface area contributed by atoms with E-state index in [0.29, 0.717) is 23.6 Å². The molecule has 0 unspecified atom stereocenters. The predicted octanol–water partition coefficient (Wildman–Crippen LogP) is 1.49. The van der Waals surface area contributed by atoms with Gasteiger partial charge < -0.3 is 14.0 Å². The minimum Gasteiger partial charge on any atom is -0.468 e. The molecule has 1 aromatic heterocycles. The van der Waals surface area contributed by atoms with Gasteiger partial charge in [0.25, 0.3) is 0 Å². The van der Waals surface area contributed by atoms with Crippen molar-refractivity contribution in [3.63, 3.8) is 0 Å². The van der Waals surface area contributed by atoms with Gasteiger partial charge in [0, 0.05) is 6.42 Å². The van der Waals surface area contributed by atoms with Gasteiger partial charge in [-0.3, -0.25) is 4.79 Å². The van der Waals surface area contributed by atoms with E-state index >= 15 is 0 Å². The third kappa shape index (κ3) is 3.56. The largest absolute Gasteiger partial charge is 0.468 e. The maximum Gasteiger partial charge on any atom is 0.356 e. The smallest absolute Gasteiger partial charge is 0.356 e. The molecule has 6 heteroatoms. The first kappa shape index (κ1) is 15.2. The van der Waals surface area contributed by atoms with Gasteiger partial charge >= 0.3 is 11.9 Å². The maximum absolute atomic E-state index is 11.9. The van der Waals surface area contributed by atoms with Crippen LogP contribution in [0.1, 0.15) is 42.3 Å². The Morgan fingerprint density at radius 3 is 2.53 bits per heavy atom. The molecule has 0 amide bonds. The topological polar surface area (TPSA) is 70.4 Å². The van der Waals surface area contributed by atoms with Crippen LogP contribution < -0.4 is 0 Å². The van der Waals surface area contributed by atoms with Gasteiger partial charge in [0.05, 0.1) is 19.4 Å². The van der Waals surface area contributed by atoms with E-state index in [4.69, 9.17) is 4.74 Å². The highest BCUT2D eigenvalue weighted by Crippen LogP contribution is 2.15. The van der Waals surface area contributed by atoms with E-state index in [1.807, 2.05) is 6.92 Å². The summed E-state index contributed by atoms with van der Waals surface area (Å²) in [5.74, 6) is -0.174. The molecule has 0 radical (unpaired) electrons. The van der Waals surface area contributed by atoms with Gasteiger partial charge in [0.1, 0.15) is 12.4 Å². The van der Waals surface area contributed by atoms with Crippen molar-refractivity contribution in [2.75, 3.05) is 13.7 Å². The van der Waals surface area contributed by atoms with Crippen LogP contribution in [0.15, 0.2) is 0 Å². The van der Waals surface area contributed by atoms with Crippen LogP contribution >= 0.6 is 0 Å². The quantitative estimate of drug-likeness (QED) is 0.731. The molecule has 6 nitrogen and oxygen atoms in total. The van der Waals surface area contributed by atoms with Crippen molar-refractivity contribution in [3.8, 4) is 0 Å². The number of methoxy groups -OCH3 is 1. The van der Waals surface area contributed by atoms with E-state index in [9.17, 15) is 9.59 Å². The standard InChI is InChI=1S/C13H20N2O4/c1-5-7-10-14-9(3)12(13(17)19-6-2)15(10)8-11(16)18-4/h5-8H2,1-4H3. The third-order valence-corrected chi connectivity index (χ3v) is 2.68. The van der Waals surface area contributed by atoms with Crippen LogP contribution in [0.4, 0.5) is 0 Å². The lowest BCUT2D eigenvalue weighted by Gasteiger charge is -2.10. The van der Waals surface area contributed by atoms with Crippen LogP contribution in [0, 0.1) is 6.92 Å². The summed E-state index contributed by atoms with van der Waals surface area (Å²) in [5.41, 5.74) is 0.904. The number of nitrogens with zero attached hydrogens (tertiary/aromatic N) is 2. The van der Waals surface area contributed by atoms with Gasteiger partial charge in [-0.25, -0.2) is 9.78 Å². The second kappa shape index (κ2) is 6.92. The molecule has 0 aliphatic carbocycles. The van der Waals surface area contributed by atoms with Crippen LogP contribution in [-0.2, 0) is 27.2 Å². The number of esters is 2. The van der Waals surface area contributed by atoms with Crippen molar-refractivity contribution in [3.05, 3.63) is 17.2 Å². The van der Waals surface area contributed by atoms with Crippen molar-refractivity contribution >= 4 is 11.9 Å². The molecule has 1 aromatic rings. The first-order valence-electron chi connectivity index (χ1n) is 6.35. The number of imidazole rings is 1. The van der Waals surface area contributed by atoms with Crippen LogP contribution in [0.25, 0.3) is 0 Å². The van der Waals surface area contributed by atoms with Gasteiger partial charge in [-0.2, -0.15) is 0 Å². The zero-order chi connectivity index (χ0) is 14.4. The number of carbonyl (C=O) groups is 2. The van der Waals surface area contributed by atoms with E-state index in [0.717, 1.165) is 6.42 Å². The highest BCUT2D eigenvalue weighted by atomic mass is 16.5. The van der Waals surface area contributed by atoms with Crippen molar-refractivity contribution in [1.82, 2.24) is 9.55 Å². The van der Waals surface area contributed by atoms with Gasteiger partial charge in [0.15, 0.2) is 5.69 Å². The number of aromatic nitrogens is 2. The summed E-state index contributed by atoms with van der Waals surface area (Å²) in [7, 11) is 1.32. The summed E-state index contributed by atoms with van der Waals surface area (Å²) in [6.45, 7) is 5.74. The first-order chi connectivity index (χ1) is 9.04. The zero-order valence-corrected chi connectivity index (χ0v) is 11.9. The molecule has 0 aliphatic heterocycles. The summed E-state index contributed by atoms with van der Waals surface area (Å²) in [4.78, 5) is 27.7. The monoisotopic (exact) mass is 268 g/mol. The number of rotatable bonds is 6. The Kier molecular flexibility index (Phi) is 5.54. The number of ether oxygens (including phenoxy) is 2. The Bertz CT molecular complexity index is 465. The lowest BCUT2D eigenvalue weighted by molar-refractivity contribution is -0.141. The Morgan fingerprint density at radius 1 is 1.32 bits per heavy atom. The second-order valence-electron chi connectivity index (χ2n) is 4.09. The van der Waals surface area contributed by atoms with E-state index in [-0.39, 0.29) is 13.2 Å². The lowest BCUT2D eigenvalue weighted by atomic mass is 10.3. The lowest BCUT2D eigenvalue weighted by Crippen LogP contribution is -2.20. The van der Waals surface area contributed by atoms with Crippen LogP contribution in [0.5, 0.6) is 0 Å². The molecule has 106 valence electrons. The molecule has 1 heterocycles. The fourth-order valence-electron chi connectivity index (χ4n) is 1.87. The zero-order valence-electron chi connectivity index (χ0n) is 11.9. The summed E-state index contributed by atoms with van der Waals surface area (Å²) >= 11 is 0. The summed E-state index contributed by atoms with van der Waals surface area (Å²) in [6, 6.07) is 0. The Balaban J connectivity index is 3.18. The summed E-state index contributed by atoms with van der Waals surface area (Å²) < 4.78 is 11.2. The number of hydrogen-bond donors (Lipinski definition) is 0. The number of carbonyl (C=O) groups excluding carboxylic acids is 2. The molecular formula is C13H20N2O4. The van der Waals surface area contributed by atoms with Gasteiger partial charge in [0.2, 0.25) is 0 Å². The van der Waals surface area contributed by atoms with E-state index in [1.54, 1.807) is 18.4 Å². The molecule has 0 atom stereocenters. The van der Waals surface area contributed by atoms with Crippen molar-refractivity contribution in [2.24, 2.45) is 0 Å². The molecule has 0 spiro atoms. The van der Waals surface area contributed by atoms with E-state index in [1.165, 1.54) is 7.11 Å². The van der Waals surface area contributed by atoms with Crippen molar-refractivity contribution in [1.29, 1.82) is 0 Å². The minimum absolute atomic E-state index is 0.0270. The Morgan fingerprint density at radius 2 is 2.00 bits per heavy atom. The highest BCUT2D eigenvalue weighted by Gasteiger charge is 2.22. The van der Waals surface area contributed by atoms with E-state index in [2.05, 4.69) is 9.72 Å². The fraction of sp³-hybridized carbons (Fsp3) is 0.615.